The predicted octanol–water partition coefficient (Wildman–Crippen LogP) is -0.103. The Balaban J connectivity index is 1.97. The van der Waals surface area contributed by atoms with Gasteiger partial charge >= 0.3 is 5.97 Å². The number of nitrogens with one attached hydrogen (secondary N) is 2. The number of amides is 1. The van der Waals surface area contributed by atoms with Gasteiger partial charge in [0.15, 0.2) is 0 Å². The van der Waals surface area contributed by atoms with E-state index in [0.29, 0.717) is 12.2 Å². The molecule has 0 spiro atoms. The first-order valence-corrected chi connectivity index (χ1v) is 6.82. The molecule has 5 N–H and O–H groups in total. The zero-order valence-corrected chi connectivity index (χ0v) is 11.2. The van der Waals surface area contributed by atoms with Crippen LogP contribution in [0.5, 0.6) is 0 Å². The first-order chi connectivity index (χ1) is 9.61. The number of nitrogens with two attached hydrogens (primary N) is 1. The van der Waals surface area contributed by atoms with E-state index in [4.69, 9.17) is 5.73 Å². The topological polar surface area (TPSA) is 121 Å². The van der Waals surface area contributed by atoms with Crippen LogP contribution in [0.2, 0.25) is 0 Å². The quantitative estimate of drug-likeness (QED) is 0.579. The number of hydrogen-bond donors (Lipinski definition) is 4. The molecule has 7 heteroatoms. The van der Waals surface area contributed by atoms with E-state index >= 15 is 0 Å². The van der Waals surface area contributed by atoms with Crippen molar-refractivity contribution < 1.29 is 14.7 Å². The second kappa shape index (κ2) is 6.51. The molecule has 0 aromatic carbocycles. The number of H-pyrrole nitrogens is 1. The molecule has 0 radical (unpaired) electrons. The molecule has 0 saturated heterocycles. The maximum Gasteiger partial charge on any atom is 0.326 e. The molecule has 1 aromatic heterocycles. The van der Waals surface area contributed by atoms with E-state index < -0.39 is 12.0 Å². The normalized spacial score (nSPS) is 23.4. The summed E-state index contributed by atoms with van der Waals surface area (Å²) >= 11 is 0. The number of carboxylic acids is 1. The van der Waals surface area contributed by atoms with Gasteiger partial charge in [-0.05, 0) is 25.3 Å². The number of aromatic nitrogens is 2. The van der Waals surface area contributed by atoms with Gasteiger partial charge in [-0.1, -0.05) is 6.42 Å². The van der Waals surface area contributed by atoms with Gasteiger partial charge < -0.3 is 21.1 Å². The number of rotatable bonds is 6. The number of hydrogen-bond acceptors (Lipinski definition) is 4. The summed E-state index contributed by atoms with van der Waals surface area (Å²) in [5.41, 5.74) is 6.33. The largest absolute Gasteiger partial charge is 0.480 e. The van der Waals surface area contributed by atoms with E-state index in [2.05, 4.69) is 15.3 Å². The molecule has 0 aliphatic heterocycles. The van der Waals surface area contributed by atoms with Crippen molar-refractivity contribution in [3.63, 3.8) is 0 Å². The van der Waals surface area contributed by atoms with Crippen LogP contribution < -0.4 is 11.1 Å². The lowest BCUT2D eigenvalue weighted by atomic mass is 9.95. The standard InChI is InChI=1S/C13H20N4O3/c14-5-8-2-1-3-10(8)12(18)17-11(13(19)20)4-9-6-15-7-16-9/h6-8,10-11H,1-5,14H2,(H,15,16)(H,17,18)(H,19,20)/t8?,10?,11-/m1/s1. The highest BCUT2D eigenvalue weighted by Crippen LogP contribution is 2.31. The summed E-state index contributed by atoms with van der Waals surface area (Å²) in [6.45, 7) is 0.469. The lowest BCUT2D eigenvalue weighted by molar-refractivity contribution is -0.142. The van der Waals surface area contributed by atoms with Gasteiger partial charge in [0.1, 0.15) is 6.04 Å². The zero-order valence-electron chi connectivity index (χ0n) is 11.2. The molecule has 1 heterocycles. The summed E-state index contributed by atoms with van der Waals surface area (Å²) < 4.78 is 0. The monoisotopic (exact) mass is 280 g/mol. The molecule has 0 bridgehead atoms. The third-order valence-electron chi connectivity index (χ3n) is 3.89. The Hall–Kier alpha value is -1.89. The molecule has 20 heavy (non-hydrogen) atoms. The van der Waals surface area contributed by atoms with Crippen LogP contribution in [0.15, 0.2) is 12.5 Å². The molecular weight excluding hydrogens is 260 g/mol. The Morgan fingerprint density at radius 3 is 2.95 bits per heavy atom. The van der Waals surface area contributed by atoms with Crippen molar-refractivity contribution in [3.05, 3.63) is 18.2 Å². The second-order valence-corrected chi connectivity index (χ2v) is 5.21. The lowest BCUT2D eigenvalue weighted by Gasteiger charge is -2.20. The van der Waals surface area contributed by atoms with Crippen molar-refractivity contribution in [2.24, 2.45) is 17.6 Å². The SMILES string of the molecule is NCC1CCCC1C(=O)N[C@H](Cc1cnc[nH]1)C(=O)O. The highest BCUT2D eigenvalue weighted by atomic mass is 16.4. The minimum Gasteiger partial charge on any atom is -0.480 e. The number of carbonyl (C=O) groups is 2. The Morgan fingerprint density at radius 1 is 1.55 bits per heavy atom. The van der Waals surface area contributed by atoms with E-state index in [1.54, 1.807) is 6.20 Å². The van der Waals surface area contributed by atoms with Crippen LogP contribution in [-0.2, 0) is 16.0 Å². The maximum absolute atomic E-state index is 12.2. The van der Waals surface area contributed by atoms with Gasteiger partial charge in [-0.3, -0.25) is 4.79 Å². The summed E-state index contributed by atoms with van der Waals surface area (Å²) in [6.07, 6.45) is 5.92. The summed E-state index contributed by atoms with van der Waals surface area (Å²) in [7, 11) is 0. The Bertz CT molecular complexity index is 460. The van der Waals surface area contributed by atoms with Crippen LogP contribution in [0.4, 0.5) is 0 Å². The number of nitrogens with zero attached hydrogens (tertiary/aromatic N) is 1. The van der Waals surface area contributed by atoms with Crippen molar-refractivity contribution in [2.75, 3.05) is 6.54 Å². The predicted molar refractivity (Wildman–Crippen MR) is 71.7 cm³/mol. The third-order valence-corrected chi connectivity index (χ3v) is 3.89. The molecule has 1 aliphatic carbocycles. The van der Waals surface area contributed by atoms with Gasteiger partial charge in [-0.2, -0.15) is 0 Å². The molecule has 2 rings (SSSR count). The molecule has 110 valence electrons. The van der Waals surface area contributed by atoms with Crippen molar-refractivity contribution >= 4 is 11.9 Å². The summed E-state index contributed by atoms with van der Waals surface area (Å²) in [5.74, 6) is -1.25. The molecule has 1 fully saturated rings. The molecule has 2 unspecified atom stereocenters. The average Bonchev–Trinajstić information content (AvgIpc) is 3.08. The summed E-state index contributed by atoms with van der Waals surface area (Å²) in [4.78, 5) is 30.1. The van der Waals surface area contributed by atoms with Gasteiger partial charge in [0.05, 0.1) is 6.33 Å². The molecule has 1 amide bonds. The van der Waals surface area contributed by atoms with E-state index in [-0.39, 0.29) is 24.2 Å². The van der Waals surface area contributed by atoms with Gasteiger partial charge in [-0.15, -0.1) is 0 Å². The third kappa shape index (κ3) is 3.36. The highest BCUT2D eigenvalue weighted by Gasteiger charge is 2.34. The Kier molecular flexibility index (Phi) is 4.73. The first-order valence-electron chi connectivity index (χ1n) is 6.82. The molecule has 7 nitrogen and oxygen atoms in total. The van der Waals surface area contributed by atoms with Crippen molar-refractivity contribution in [1.82, 2.24) is 15.3 Å². The smallest absolute Gasteiger partial charge is 0.326 e. The Labute approximate surface area is 117 Å². The molecule has 1 aromatic rings. The van der Waals surface area contributed by atoms with E-state index in [1.807, 2.05) is 0 Å². The summed E-state index contributed by atoms with van der Waals surface area (Å²) in [6, 6.07) is -0.943. The second-order valence-electron chi connectivity index (χ2n) is 5.21. The molecule has 1 aliphatic rings. The average molecular weight is 280 g/mol. The first kappa shape index (κ1) is 14.5. The lowest BCUT2D eigenvalue weighted by Crippen LogP contribution is -2.46. The zero-order chi connectivity index (χ0) is 14.5. The number of aliphatic carboxylic acids is 1. The van der Waals surface area contributed by atoms with E-state index in [9.17, 15) is 14.7 Å². The van der Waals surface area contributed by atoms with Gasteiger partial charge in [0, 0.05) is 24.2 Å². The fourth-order valence-electron chi connectivity index (χ4n) is 2.76. The number of carbonyl (C=O) groups excluding carboxylic acids is 1. The fourth-order valence-corrected chi connectivity index (χ4v) is 2.76. The van der Waals surface area contributed by atoms with E-state index in [0.717, 1.165) is 19.3 Å². The van der Waals surface area contributed by atoms with Crippen LogP contribution in [0.1, 0.15) is 25.0 Å². The Morgan fingerprint density at radius 2 is 2.35 bits per heavy atom. The maximum atomic E-state index is 12.2. The molecule has 3 atom stereocenters. The molecule has 1 saturated carbocycles. The molecular formula is C13H20N4O3. The summed E-state index contributed by atoms with van der Waals surface area (Å²) in [5, 5.41) is 11.8. The van der Waals surface area contributed by atoms with Crippen molar-refractivity contribution in [3.8, 4) is 0 Å². The van der Waals surface area contributed by atoms with Crippen LogP contribution in [0.25, 0.3) is 0 Å². The van der Waals surface area contributed by atoms with Gasteiger partial charge in [0.2, 0.25) is 5.91 Å². The number of imidazole rings is 1. The fraction of sp³-hybridized carbons (Fsp3) is 0.615. The highest BCUT2D eigenvalue weighted by molar-refractivity contribution is 5.85. The van der Waals surface area contributed by atoms with Gasteiger partial charge in [0.25, 0.3) is 0 Å². The minimum absolute atomic E-state index is 0.163. The van der Waals surface area contributed by atoms with Gasteiger partial charge in [-0.25, -0.2) is 9.78 Å². The van der Waals surface area contributed by atoms with Crippen molar-refractivity contribution in [2.45, 2.75) is 31.7 Å². The van der Waals surface area contributed by atoms with Crippen LogP contribution >= 0.6 is 0 Å². The number of aromatic amines is 1. The van der Waals surface area contributed by atoms with Crippen molar-refractivity contribution in [1.29, 1.82) is 0 Å². The minimum atomic E-state index is -1.05. The number of carboxylic acid groups (broad SMARTS) is 1. The van der Waals surface area contributed by atoms with Crippen LogP contribution in [0, 0.1) is 11.8 Å². The van der Waals surface area contributed by atoms with E-state index in [1.165, 1.54) is 6.33 Å². The van der Waals surface area contributed by atoms with Crippen LogP contribution in [-0.4, -0.2) is 39.5 Å². The van der Waals surface area contributed by atoms with Crippen LogP contribution in [0.3, 0.4) is 0 Å².